The average molecular weight is 553 g/mol. The first-order valence-corrected chi connectivity index (χ1v) is 13.4. The lowest BCUT2D eigenvalue weighted by Crippen LogP contribution is -2.32. The van der Waals surface area contributed by atoms with Gasteiger partial charge in [-0.15, -0.1) is 10.2 Å². The Bertz CT molecular complexity index is 1540. The number of alkyl halides is 3. The van der Waals surface area contributed by atoms with Gasteiger partial charge >= 0.3 is 6.18 Å². The van der Waals surface area contributed by atoms with Crippen LogP contribution in [0.4, 0.5) is 23.2 Å². The number of nitrogens with one attached hydrogen (secondary N) is 1. The summed E-state index contributed by atoms with van der Waals surface area (Å²) in [4.78, 5) is 17.2. The highest BCUT2D eigenvalue weighted by atomic mass is 32.2. The van der Waals surface area contributed by atoms with Gasteiger partial charge in [0, 0.05) is 29.3 Å². The van der Waals surface area contributed by atoms with Gasteiger partial charge in [0.05, 0.1) is 4.90 Å². The quantitative estimate of drug-likeness (QED) is 0.400. The number of ether oxygens (including phenoxy) is 1. The minimum absolute atomic E-state index is 0.00203. The Morgan fingerprint density at radius 1 is 1.11 bits per heavy atom. The van der Waals surface area contributed by atoms with Crippen molar-refractivity contribution in [1.82, 2.24) is 15.2 Å². The van der Waals surface area contributed by atoms with E-state index in [-0.39, 0.29) is 27.4 Å². The number of anilines is 1. The Kier molecular flexibility index (Phi) is 6.93. The molecule has 1 saturated carbocycles. The van der Waals surface area contributed by atoms with Crippen molar-refractivity contribution < 1.29 is 35.5 Å². The molecule has 1 aliphatic rings. The van der Waals surface area contributed by atoms with E-state index in [4.69, 9.17) is 4.74 Å². The highest BCUT2D eigenvalue weighted by Gasteiger charge is 2.39. The summed E-state index contributed by atoms with van der Waals surface area (Å²) >= 11 is 0. The SMILES string of the molecule is Cc1c(Oc2nnc(C(F)(F)F)c(C)c2C(=O)Nc2cccc(S(C)(=O)=O)c2)ncc(C2(C)CCC2)c1F. The van der Waals surface area contributed by atoms with Crippen LogP contribution in [0, 0.1) is 19.7 Å². The minimum atomic E-state index is -4.93. The molecule has 202 valence electrons. The molecule has 38 heavy (non-hydrogen) atoms. The van der Waals surface area contributed by atoms with Crippen LogP contribution in [0.5, 0.6) is 11.8 Å². The molecule has 1 aliphatic carbocycles. The molecule has 1 N–H and O–H groups in total. The van der Waals surface area contributed by atoms with Crippen molar-refractivity contribution in [3.05, 3.63) is 64.2 Å². The van der Waals surface area contributed by atoms with Crippen LogP contribution in [0.2, 0.25) is 0 Å². The zero-order valence-electron chi connectivity index (χ0n) is 20.9. The highest BCUT2D eigenvalue weighted by molar-refractivity contribution is 7.90. The first-order chi connectivity index (χ1) is 17.6. The number of nitrogens with zero attached hydrogens (tertiary/aromatic N) is 3. The molecular formula is C25H24F4N4O4S. The Hall–Kier alpha value is -3.61. The van der Waals surface area contributed by atoms with Crippen molar-refractivity contribution in [1.29, 1.82) is 0 Å². The average Bonchev–Trinajstić information content (AvgIpc) is 2.79. The first-order valence-electron chi connectivity index (χ1n) is 11.5. The Morgan fingerprint density at radius 3 is 2.37 bits per heavy atom. The number of aromatic nitrogens is 3. The van der Waals surface area contributed by atoms with Gasteiger partial charge in [0.1, 0.15) is 11.4 Å². The van der Waals surface area contributed by atoms with E-state index in [0.29, 0.717) is 5.56 Å². The summed E-state index contributed by atoms with van der Waals surface area (Å²) < 4.78 is 85.2. The van der Waals surface area contributed by atoms with Crippen molar-refractivity contribution in [2.75, 3.05) is 11.6 Å². The molecule has 8 nitrogen and oxygen atoms in total. The van der Waals surface area contributed by atoms with Crippen LogP contribution in [0.15, 0.2) is 35.4 Å². The van der Waals surface area contributed by atoms with E-state index in [0.717, 1.165) is 38.5 Å². The monoisotopic (exact) mass is 552 g/mol. The molecule has 1 fully saturated rings. The molecule has 0 radical (unpaired) electrons. The highest BCUT2D eigenvalue weighted by Crippen LogP contribution is 2.45. The molecule has 1 aromatic carbocycles. The fraction of sp³-hybridized carbons (Fsp3) is 0.360. The Labute approximate surface area is 216 Å². The predicted molar refractivity (Wildman–Crippen MR) is 129 cm³/mol. The maximum absolute atomic E-state index is 15.2. The van der Waals surface area contributed by atoms with Crippen molar-refractivity contribution in [2.45, 2.75) is 56.5 Å². The lowest BCUT2D eigenvalue weighted by Gasteiger charge is -2.39. The minimum Gasteiger partial charge on any atom is -0.418 e. The summed E-state index contributed by atoms with van der Waals surface area (Å²) in [5.41, 5.74) is -2.56. The zero-order valence-corrected chi connectivity index (χ0v) is 21.7. The lowest BCUT2D eigenvalue weighted by molar-refractivity contribution is -0.142. The number of hydrogen-bond acceptors (Lipinski definition) is 7. The van der Waals surface area contributed by atoms with Crippen LogP contribution in [0.3, 0.4) is 0 Å². The molecule has 13 heteroatoms. The molecular weight excluding hydrogens is 528 g/mol. The van der Waals surface area contributed by atoms with Gasteiger partial charge < -0.3 is 10.1 Å². The summed E-state index contributed by atoms with van der Waals surface area (Å²) in [6.45, 7) is 4.35. The Balaban J connectivity index is 1.76. The summed E-state index contributed by atoms with van der Waals surface area (Å²) in [7, 11) is -3.62. The van der Waals surface area contributed by atoms with Gasteiger partial charge in [0.25, 0.3) is 11.8 Å². The maximum atomic E-state index is 15.2. The number of rotatable bonds is 6. The second-order valence-electron chi connectivity index (χ2n) is 9.54. The first kappa shape index (κ1) is 27.4. The van der Waals surface area contributed by atoms with Gasteiger partial charge in [-0.3, -0.25) is 4.79 Å². The van der Waals surface area contributed by atoms with E-state index in [1.165, 1.54) is 31.3 Å². The Morgan fingerprint density at radius 2 is 1.79 bits per heavy atom. The predicted octanol–water partition coefficient (Wildman–Crippen LogP) is 5.54. The van der Waals surface area contributed by atoms with E-state index >= 15 is 4.39 Å². The van der Waals surface area contributed by atoms with Crippen LogP contribution >= 0.6 is 0 Å². The molecule has 0 atom stereocenters. The third kappa shape index (κ3) is 5.19. The van der Waals surface area contributed by atoms with Crippen LogP contribution in [0.25, 0.3) is 0 Å². The van der Waals surface area contributed by atoms with Crippen LogP contribution in [-0.2, 0) is 21.4 Å². The van der Waals surface area contributed by atoms with Gasteiger partial charge in [-0.2, -0.15) is 13.2 Å². The van der Waals surface area contributed by atoms with Gasteiger partial charge in [0.15, 0.2) is 15.5 Å². The number of carbonyl (C=O) groups excluding carboxylic acids is 1. The third-order valence-corrected chi connectivity index (χ3v) is 7.81. The molecule has 0 aliphatic heterocycles. The van der Waals surface area contributed by atoms with Crippen molar-refractivity contribution in [3.8, 4) is 11.8 Å². The standard InChI is InChI=1S/C25H24F4N4O4S/c1-13-18(21(34)31-15-7-5-8-16(11-15)38(4,35)36)23(33-32-20(13)25(27,28)29)37-22-14(2)19(26)17(12-30-22)24(3)9-6-10-24/h5,7-8,11-12H,6,9-10H2,1-4H3,(H,31,34). The second kappa shape index (κ2) is 9.61. The molecule has 0 unspecified atom stereocenters. The number of benzene rings is 1. The number of halogens is 4. The number of hydrogen-bond donors (Lipinski definition) is 1. The van der Waals surface area contributed by atoms with E-state index in [9.17, 15) is 26.4 Å². The topological polar surface area (TPSA) is 111 Å². The van der Waals surface area contributed by atoms with E-state index in [2.05, 4.69) is 20.5 Å². The molecule has 2 heterocycles. The molecule has 0 spiro atoms. The van der Waals surface area contributed by atoms with Crippen molar-refractivity contribution >= 4 is 21.4 Å². The van der Waals surface area contributed by atoms with Crippen LogP contribution < -0.4 is 10.1 Å². The maximum Gasteiger partial charge on any atom is 0.435 e. The number of carbonyl (C=O) groups is 1. The molecule has 0 bridgehead atoms. The lowest BCUT2D eigenvalue weighted by atomic mass is 9.66. The second-order valence-corrected chi connectivity index (χ2v) is 11.6. The molecule has 2 aromatic heterocycles. The number of amides is 1. The smallest absolute Gasteiger partial charge is 0.418 e. The fourth-order valence-corrected chi connectivity index (χ4v) is 4.94. The van der Waals surface area contributed by atoms with Gasteiger partial charge in [-0.25, -0.2) is 17.8 Å². The third-order valence-electron chi connectivity index (χ3n) is 6.70. The fourth-order valence-electron chi connectivity index (χ4n) is 4.27. The van der Waals surface area contributed by atoms with E-state index < -0.39 is 50.4 Å². The van der Waals surface area contributed by atoms with Crippen molar-refractivity contribution in [2.24, 2.45) is 0 Å². The molecule has 3 aromatic rings. The zero-order chi connectivity index (χ0) is 28.0. The molecule has 1 amide bonds. The van der Waals surface area contributed by atoms with Gasteiger partial charge in [-0.1, -0.05) is 19.4 Å². The van der Waals surface area contributed by atoms with E-state index in [1.54, 1.807) is 0 Å². The van der Waals surface area contributed by atoms with E-state index in [1.807, 2.05) is 6.92 Å². The largest absolute Gasteiger partial charge is 0.435 e. The van der Waals surface area contributed by atoms with Crippen LogP contribution in [-0.4, -0.2) is 35.8 Å². The summed E-state index contributed by atoms with van der Waals surface area (Å²) in [5, 5.41) is 9.04. The summed E-state index contributed by atoms with van der Waals surface area (Å²) in [6, 6.07) is 5.19. The summed E-state index contributed by atoms with van der Waals surface area (Å²) in [6.07, 6.45) is -0.102. The van der Waals surface area contributed by atoms with Crippen LogP contribution in [0.1, 0.15) is 58.9 Å². The molecule has 0 saturated heterocycles. The molecule has 4 rings (SSSR count). The normalized spacial score (nSPS) is 15.1. The number of sulfone groups is 1. The van der Waals surface area contributed by atoms with Gasteiger partial charge in [0.2, 0.25) is 5.88 Å². The number of pyridine rings is 1. The summed E-state index contributed by atoms with van der Waals surface area (Å²) in [5.74, 6) is -2.53. The van der Waals surface area contributed by atoms with Gasteiger partial charge in [-0.05, 0) is 55.9 Å². The van der Waals surface area contributed by atoms with Crippen molar-refractivity contribution in [3.63, 3.8) is 0 Å².